The van der Waals surface area contributed by atoms with Gasteiger partial charge in [-0.25, -0.2) is 0 Å². The van der Waals surface area contributed by atoms with Gasteiger partial charge in [0.25, 0.3) is 5.69 Å². The number of para-hydroxylation sites is 1. The van der Waals surface area contributed by atoms with E-state index in [0.717, 1.165) is 23.4 Å². The minimum Gasteiger partial charge on any atom is -0.494 e. The average molecular weight is 336 g/mol. The second kappa shape index (κ2) is 6.24. The predicted octanol–water partition coefficient (Wildman–Crippen LogP) is 4.82. The maximum absolute atomic E-state index is 11.5. The first-order valence-corrected chi connectivity index (χ1v) is 8.62. The molecule has 2 aromatic carbocycles. The van der Waals surface area contributed by atoms with E-state index in [1.54, 1.807) is 12.1 Å². The fraction of sp³-hybridized carbons (Fsp3) is 0.300. The van der Waals surface area contributed by atoms with E-state index < -0.39 is 0 Å². The predicted molar refractivity (Wildman–Crippen MR) is 97.1 cm³/mol. The van der Waals surface area contributed by atoms with Gasteiger partial charge < -0.3 is 10.1 Å². The minimum atomic E-state index is -0.290. The quantitative estimate of drug-likeness (QED) is 0.494. The minimum absolute atomic E-state index is 0.0768. The van der Waals surface area contributed by atoms with Crippen molar-refractivity contribution in [3.63, 3.8) is 0 Å². The van der Waals surface area contributed by atoms with Crippen LogP contribution in [-0.4, -0.2) is 11.5 Å². The number of fused-ring (bicyclic) bond motifs is 3. The standard InChI is InChI=1S/C20H20N2O3/c1-2-25-13-10-11-18-17(12-13)14-7-5-8-15(14)20(21-18)16-6-3-4-9-19(16)22(23)24/h3-7,9-12,14-15,20-21H,2,8H2,1H3/t14-,15+,20-/m1/s1. The number of nitrogens with one attached hydrogen (secondary N) is 1. The molecule has 0 saturated carbocycles. The van der Waals surface area contributed by atoms with E-state index in [1.165, 1.54) is 5.56 Å². The molecule has 0 bridgehead atoms. The Balaban J connectivity index is 1.77. The molecular weight excluding hydrogens is 316 g/mol. The highest BCUT2D eigenvalue weighted by atomic mass is 16.6. The first-order valence-electron chi connectivity index (χ1n) is 8.62. The molecule has 0 amide bonds. The van der Waals surface area contributed by atoms with Crippen LogP contribution in [0.25, 0.3) is 0 Å². The number of ether oxygens (including phenoxy) is 1. The van der Waals surface area contributed by atoms with Crippen molar-refractivity contribution in [2.45, 2.75) is 25.3 Å². The number of allylic oxidation sites excluding steroid dienone is 2. The number of nitro groups is 1. The highest BCUT2D eigenvalue weighted by Crippen LogP contribution is 2.51. The summed E-state index contributed by atoms with van der Waals surface area (Å²) >= 11 is 0. The topological polar surface area (TPSA) is 64.4 Å². The third-order valence-corrected chi connectivity index (χ3v) is 5.11. The van der Waals surface area contributed by atoms with Crippen LogP contribution >= 0.6 is 0 Å². The third-order valence-electron chi connectivity index (χ3n) is 5.11. The van der Waals surface area contributed by atoms with Gasteiger partial charge in [0.2, 0.25) is 0 Å². The molecule has 3 atom stereocenters. The molecule has 1 heterocycles. The van der Waals surface area contributed by atoms with Crippen LogP contribution in [0.1, 0.15) is 36.4 Å². The molecule has 1 N–H and O–H groups in total. The largest absolute Gasteiger partial charge is 0.494 e. The summed E-state index contributed by atoms with van der Waals surface area (Å²) < 4.78 is 5.64. The molecule has 1 aliphatic carbocycles. The summed E-state index contributed by atoms with van der Waals surface area (Å²) in [5.74, 6) is 1.39. The van der Waals surface area contributed by atoms with Crippen molar-refractivity contribution < 1.29 is 9.66 Å². The summed E-state index contributed by atoms with van der Waals surface area (Å²) in [6, 6.07) is 13.0. The molecule has 1 aliphatic heterocycles. The first kappa shape index (κ1) is 15.7. The van der Waals surface area contributed by atoms with Crippen molar-refractivity contribution in [2.75, 3.05) is 11.9 Å². The SMILES string of the molecule is CCOc1ccc2c(c1)[C@@H]1C=CC[C@@H]1[C@H](c1ccccc1[N+](=O)[O-])N2. The van der Waals surface area contributed by atoms with Gasteiger partial charge >= 0.3 is 0 Å². The lowest BCUT2D eigenvalue weighted by Gasteiger charge is -2.37. The van der Waals surface area contributed by atoms with Gasteiger partial charge in [-0.2, -0.15) is 0 Å². The van der Waals surface area contributed by atoms with Gasteiger partial charge in [0.1, 0.15) is 5.75 Å². The van der Waals surface area contributed by atoms with Crippen molar-refractivity contribution in [3.8, 4) is 5.75 Å². The Bertz CT molecular complexity index is 847. The number of anilines is 1. The molecule has 0 spiro atoms. The van der Waals surface area contributed by atoms with Gasteiger partial charge in [-0.1, -0.05) is 30.4 Å². The van der Waals surface area contributed by atoms with Crippen LogP contribution < -0.4 is 10.1 Å². The molecule has 2 aromatic rings. The van der Waals surface area contributed by atoms with E-state index in [1.807, 2.05) is 31.2 Å². The zero-order valence-electron chi connectivity index (χ0n) is 14.0. The molecule has 0 unspecified atom stereocenters. The number of hydrogen-bond acceptors (Lipinski definition) is 4. The van der Waals surface area contributed by atoms with Crippen molar-refractivity contribution in [1.29, 1.82) is 0 Å². The normalized spacial score (nSPS) is 23.5. The number of benzene rings is 2. The maximum Gasteiger partial charge on any atom is 0.274 e. The van der Waals surface area contributed by atoms with Crippen LogP contribution in [0.5, 0.6) is 5.75 Å². The summed E-state index contributed by atoms with van der Waals surface area (Å²) in [6.45, 7) is 2.61. The Morgan fingerprint density at radius 2 is 2.08 bits per heavy atom. The molecule has 25 heavy (non-hydrogen) atoms. The van der Waals surface area contributed by atoms with Crippen molar-refractivity contribution in [1.82, 2.24) is 0 Å². The van der Waals surface area contributed by atoms with Crippen molar-refractivity contribution in [3.05, 3.63) is 75.9 Å². The van der Waals surface area contributed by atoms with Crippen LogP contribution in [0.15, 0.2) is 54.6 Å². The van der Waals surface area contributed by atoms with E-state index in [2.05, 4.69) is 23.5 Å². The number of hydrogen-bond donors (Lipinski definition) is 1. The lowest BCUT2D eigenvalue weighted by molar-refractivity contribution is -0.385. The lowest BCUT2D eigenvalue weighted by Crippen LogP contribution is -2.29. The molecule has 0 fully saturated rings. The first-order chi connectivity index (χ1) is 12.2. The number of rotatable bonds is 4. The fourth-order valence-corrected chi connectivity index (χ4v) is 4.05. The lowest BCUT2D eigenvalue weighted by atomic mass is 9.76. The number of nitro benzene ring substituents is 1. The highest BCUT2D eigenvalue weighted by Gasteiger charge is 2.40. The molecule has 2 aliphatic rings. The Labute approximate surface area is 146 Å². The summed E-state index contributed by atoms with van der Waals surface area (Å²) in [7, 11) is 0. The van der Waals surface area contributed by atoms with Crippen molar-refractivity contribution in [2.24, 2.45) is 5.92 Å². The summed E-state index contributed by atoms with van der Waals surface area (Å²) in [5.41, 5.74) is 3.17. The molecule has 4 rings (SSSR count). The zero-order chi connectivity index (χ0) is 17.4. The second-order valence-electron chi connectivity index (χ2n) is 6.47. The maximum atomic E-state index is 11.5. The molecule has 0 aromatic heterocycles. The van der Waals surface area contributed by atoms with Crippen molar-refractivity contribution >= 4 is 11.4 Å². The van der Waals surface area contributed by atoms with Gasteiger partial charge in [-0.05, 0) is 43.0 Å². The summed E-state index contributed by atoms with van der Waals surface area (Å²) in [5, 5.41) is 15.0. The molecular formula is C20H20N2O3. The highest BCUT2D eigenvalue weighted by molar-refractivity contribution is 5.63. The molecule has 5 heteroatoms. The van der Waals surface area contributed by atoms with E-state index in [-0.39, 0.29) is 28.5 Å². The van der Waals surface area contributed by atoms with Gasteiger partial charge in [-0.15, -0.1) is 0 Å². The second-order valence-corrected chi connectivity index (χ2v) is 6.47. The van der Waals surface area contributed by atoms with E-state index in [0.29, 0.717) is 6.61 Å². The molecule has 0 radical (unpaired) electrons. The fourth-order valence-electron chi connectivity index (χ4n) is 4.05. The van der Waals surface area contributed by atoms with Gasteiger partial charge in [0.15, 0.2) is 0 Å². The van der Waals surface area contributed by atoms with Gasteiger partial charge in [0, 0.05) is 17.7 Å². The zero-order valence-corrected chi connectivity index (χ0v) is 14.0. The monoisotopic (exact) mass is 336 g/mol. The van der Waals surface area contributed by atoms with E-state index in [9.17, 15) is 10.1 Å². The summed E-state index contributed by atoms with van der Waals surface area (Å²) in [4.78, 5) is 11.2. The molecule has 128 valence electrons. The van der Waals surface area contributed by atoms with Crippen LogP contribution in [0.2, 0.25) is 0 Å². The van der Waals surface area contributed by atoms with Gasteiger partial charge in [0.05, 0.1) is 23.1 Å². The van der Waals surface area contributed by atoms with Crippen LogP contribution in [0.3, 0.4) is 0 Å². The Kier molecular flexibility index (Phi) is 3.92. The summed E-state index contributed by atoms with van der Waals surface area (Å²) in [6.07, 6.45) is 5.32. The Morgan fingerprint density at radius 1 is 1.24 bits per heavy atom. The van der Waals surface area contributed by atoms with E-state index >= 15 is 0 Å². The van der Waals surface area contributed by atoms with Gasteiger partial charge in [-0.3, -0.25) is 10.1 Å². The smallest absolute Gasteiger partial charge is 0.274 e. The number of nitrogens with zero attached hydrogens (tertiary/aromatic N) is 1. The molecule has 5 nitrogen and oxygen atoms in total. The third kappa shape index (κ3) is 2.65. The Morgan fingerprint density at radius 3 is 2.88 bits per heavy atom. The Hall–Kier alpha value is -2.82. The van der Waals surface area contributed by atoms with Crippen LogP contribution in [-0.2, 0) is 0 Å². The van der Waals surface area contributed by atoms with Crippen LogP contribution in [0, 0.1) is 16.0 Å². The van der Waals surface area contributed by atoms with E-state index in [4.69, 9.17) is 4.74 Å². The average Bonchev–Trinajstić information content (AvgIpc) is 3.11. The van der Waals surface area contributed by atoms with Crippen LogP contribution in [0.4, 0.5) is 11.4 Å². The molecule has 0 saturated heterocycles.